The number of rotatable bonds is 4. The molecule has 2 rings (SSSR count). The molecule has 0 spiro atoms. The van der Waals surface area contributed by atoms with E-state index in [9.17, 15) is 4.39 Å². The fraction of sp³-hybridized carbons (Fsp3) is 0.364. The molecule has 1 aliphatic rings. The van der Waals surface area contributed by atoms with E-state index in [0.29, 0.717) is 18.3 Å². The van der Waals surface area contributed by atoms with Gasteiger partial charge in [0.25, 0.3) is 0 Å². The summed E-state index contributed by atoms with van der Waals surface area (Å²) in [6, 6.07) is 5.76. The molecule has 4 nitrogen and oxygen atoms in total. The number of hydrogen-bond acceptors (Lipinski definition) is 4. The van der Waals surface area contributed by atoms with Crippen LogP contribution in [0.15, 0.2) is 27.7 Å². The topological polar surface area (TPSA) is 59.6 Å². The second kappa shape index (κ2) is 5.35. The summed E-state index contributed by atoms with van der Waals surface area (Å²) in [5.41, 5.74) is 6.62. The Morgan fingerprint density at radius 2 is 2.47 bits per heavy atom. The van der Waals surface area contributed by atoms with Crippen LogP contribution in [0.2, 0.25) is 0 Å². The van der Waals surface area contributed by atoms with Crippen LogP contribution in [0.4, 0.5) is 4.39 Å². The van der Waals surface area contributed by atoms with Crippen molar-refractivity contribution in [3.63, 3.8) is 0 Å². The number of ether oxygens (including phenoxy) is 1. The van der Waals surface area contributed by atoms with Crippen LogP contribution in [0.3, 0.4) is 0 Å². The number of nitrogens with two attached hydrogens (primary N) is 1. The monoisotopic (exact) mass is 303 g/mol. The van der Waals surface area contributed by atoms with Crippen molar-refractivity contribution in [2.75, 3.05) is 19.8 Å². The smallest absolute Gasteiger partial charge is 0.189 e. The third kappa shape index (κ3) is 2.88. The summed E-state index contributed by atoms with van der Waals surface area (Å²) < 4.78 is 18.0. The van der Waals surface area contributed by atoms with Gasteiger partial charge < -0.3 is 15.8 Å². The number of hydrogen-bond donors (Lipinski definition) is 2. The molecule has 1 unspecified atom stereocenters. The molecule has 0 amide bonds. The van der Waals surface area contributed by atoms with Gasteiger partial charge in [-0.3, -0.25) is 4.99 Å². The van der Waals surface area contributed by atoms with Crippen molar-refractivity contribution in [1.29, 1.82) is 0 Å². The fourth-order valence-corrected chi connectivity index (χ4v) is 2.16. The SMILES string of the molecule is NC1=NCC(c2ccc(OCCF)c(Br)c2)N1.[HH]. The molecule has 0 fully saturated rings. The number of alkyl halides is 1. The van der Waals surface area contributed by atoms with Gasteiger partial charge in [0.05, 0.1) is 17.1 Å². The van der Waals surface area contributed by atoms with E-state index in [2.05, 4.69) is 26.2 Å². The Bertz CT molecular complexity index is 444. The first-order chi connectivity index (χ1) is 8.20. The average Bonchev–Trinajstić information content (AvgIpc) is 2.74. The Kier molecular flexibility index (Phi) is 3.83. The van der Waals surface area contributed by atoms with Crippen molar-refractivity contribution in [3.8, 4) is 5.75 Å². The lowest BCUT2D eigenvalue weighted by Gasteiger charge is -2.13. The summed E-state index contributed by atoms with van der Waals surface area (Å²) in [4.78, 5) is 4.08. The van der Waals surface area contributed by atoms with Crippen LogP contribution in [0.5, 0.6) is 5.75 Å². The number of benzene rings is 1. The summed E-state index contributed by atoms with van der Waals surface area (Å²) in [5, 5.41) is 3.07. The first-order valence-corrected chi connectivity index (χ1v) is 6.04. The van der Waals surface area contributed by atoms with Crippen LogP contribution in [0.25, 0.3) is 0 Å². The van der Waals surface area contributed by atoms with Gasteiger partial charge in [0.2, 0.25) is 0 Å². The average molecular weight is 304 g/mol. The zero-order valence-electron chi connectivity index (χ0n) is 9.12. The molecule has 94 valence electrons. The molecule has 6 heteroatoms. The molecule has 1 aliphatic heterocycles. The van der Waals surface area contributed by atoms with Crippen LogP contribution in [-0.4, -0.2) is 25.8 Å². The second-order valence-corrected chi connectivity index (χ2v) is 4.50. The fourth-order valence-electron chi connectivity index (χ4n) is 1.65. The van der Waals surface area contributed by atoms with E-state index in [-0.39, 0.29) is 14.1 Å². The van der Waals surface area contributed by atoms with E-state index in [0.717, 1.165) is 10.0 Å². The quantitative estimate of drug-likeness (QED) is 0.894. The zero-order chi connectivity index (χ0) is 12.3. The lowest BCUT2D eigenvalue weighted by atomic mass is 10.1. The van der Waals surface area contributed by atoms with Crippen molar-refractivity contribution in [2.24, 2.45) is 10.7 Å². The molecule has 0 aliphatic carbocycles. The van der Waals surface area contributed by atoms with Gasteiger partial charge in [-0.15, -0.1) is 0 Å². The first kappa shape index (κ1) is 12.2. The first-order valence-electron chi connectivity index (χ1n) is 5.25. The molecular weight excluding hydrogens is 289 g/mol. The Hall–Kier alpha value is -1.30. The van der Waals surface area contributed by atoms with Crippen LogP contribution >= 0.6 is 15.9 Å². The van der Waals surface area contributed by atoms with E-state index in [4.69, 9.17) is 10.5 Å². The Morgan fingerprint density at radius 3 is 3.06 bits per heavy atom. The maximum atomic E-state index is 12.0. The molecule has 0 bridgehead atoms. The zero-order valence-corrected chi connectivity index (χ0v) is 10.7. The molecule has 1 heterocycles. The number of aliphatic imine (C=N–C) groups is 1. The van der Waals surface area contributed by atoms with Gasteiger partial charge in [-0.05, 0) is 33.6 Å². The highest BCUT2D eigenvalue weighted by Gasteiger charge is 2.18. The minimum absolute atomic E-state index is 0. The van der Waals surface area contributed by atoms with Gasteiger partial charge in [-0.25, -0.2) is 4.39 Å². The molecule has 3 N–H and O–H groups in total. The van der Waals surface area contributed by atoms with Gasteiger partial charge in [-0.2, -0.15) is 0 Å². The van der Waals surface area contributed by atoms with E-state index >= 15 is 0 Å². The predicted molar refractivity (Wildman–Crippen MR) is 70.1 cm³/mol. The van der Waals surface area contributed by atoms with Crippen LogP contribution in [0.1, 0.15) is 13.0 Å². The number of nitrogens with zero attached hydrogens (tertiary/aromatic N) is 1. The summed E-state index contributed by atoms with van der Waals surface area (Å²) in [6.07, 6.45) is 0. The molecule has 0 saturated heterocycles. The molecule has 0 aromatic heterocycles. The minimum atomic E-state index is -0.497. The van der Waals surface area contributed by atoms with E-state index in [1.165, 1.54) is 0 Å². The van der Waals surface area contributed by atoms with Crippen molar-refractivity contribution >= 4 is 21.9 Å². The van der Waals surface area contributed by atoms with E-state index in [1.54, 1.807) is 0 Å². The maximum Gasteiger partial charge on any atom is 0.189 e. The summed E-state index contributed by atoms with van der Waals surface area (Å²) in [6.45, 7) is 0.196. The number of nitrogens with one attached hydrogen (secondary N) is 1. The molecule has 1 aromatic rings. The lowest BCUT2D eigenvalue weighted by molar-refractivity contribution is 0.272. The highest BCUT2D eigenvalue weighted by Crippen LogP contribution is 2.29. The second-order valence-electron chi connectivity index (χ2n) is 3.65. The molecule has 1 atom stereocenters. The molecule has 17 heavy (non-hydrogen) atoms. The normalized spacial score (nSPS) is 18.7. The number of guanidine groups is 1. The van der Waals surface area contributed by atoms with Crippen molar-refractivity contribution < 1.29 is 10.6 Å². The van der Waals surface area contributed by atoms with Gasteiger partial charge in [0.1, 0.15) is 19.0 Å². The van der Waals surface area contributed by atoms with Crippen molar-refractivity contribution in [2.45, 2.75) is 6.04 Å². The lowest BCUT2D eigenvalue weighted by Crippen LogP contribution is -2.29. The molecule has 0 radical (unpaired) electrons. The van der Waals surface area contributed by atoms with E-state index in [1.807, 2.05) is 18.2 Å². The highest BCUT2D eigenvalue weighted by molar-refractivity contribution is 9.10. The summed E-state index contributed by atoms with van der Waals surface area (Å²) >= 11 is 3.40. The Morgan fingerprint density at radius 1 is 1.65 bits per heavy atom. The third-order valence-electron chi connectivity index (χ3n) is 2.46. The highest BCUT2D eigenvalue weighted by atomic mass is 79.9. The van der Waals surface area contributed by atoms with Crippen LogP contribution in [0, 0.1) is 0 Å². The van der Waals surface area contributed by atoms with Crippen LogP contribution < -0.4 is 15.8 Å². The van der Waals surface area contributed by atoms with E-state index < -0.39 is 6.67 Å². The minimum Gasteiger partial charge on any atom is -0.490 e. The number of halogens is 2. The van der Waals surface area contributed by atoms with Crippen LogP contribution in [-0.2, 0) is 0 Å². The maximum absolute atomic E-state index is 12.0. The molecular formula is C11H15BrFN3O. The third-order valence-corrected chi connectivity index (χ3v) is 3.08. The van der Waals surface area contributed by atoms with Gasteiger partial charge >= 0.3 is 0 Å². The van der Waals surface area contributed by atoms with Gasteiger partial charge in [0, 0.05) is 1.43 Å². The Labute approximate surface area is 109 Å². The summed E-state index contributed by atoms with van der Waals surface area (Å²) in [7, 11) is 0. The Balaban J connectivity index is 0.00000162. The van der Waals surface area contributed by atoms with Crippen molar-refractivity contribution in [1.82, 2.24) is 5.32 Å². The standard InChI is InChI=1S/C11H13BrFN3O.H2/c12-8-5-7(9-6-15-11(14)16-9)1-2-10(8)17-4-3-13;/h1-2,5,9H,3-4,6H2,(H3,14,15,16);1H. The van der Waals surface area contributed by atoms with Gasteiger partial charge in [-0.1, -0.05) is 6.07 Å². The summed E-state index contributed by atoms with van der Waals surface area (Å²) in [5.74, 6) is 1.10. The van der Waals surface area contributed by atoms with Gasteiger partial charge in [0.15, 0.2) is 5.96 Å². The van der Waals surface area contributed by atoms with Crippen molar-refractivity contribution in [3.05, 3.63) is 28.2 Å². The largest absolute Gasteiger partial charge is 0.490 e. The molecule has 1 aromatic carbocycles. The predicted octanol–water partition coefficient (Wildman–Crippen LogP) is 2.00. The molecule has 0 saturated carbocycles.